The van der Waals surface area contributed by atoms with Crippen LogP contribution in [0.25, 0.3) is 0 Å². The van der Waals surface area contributed by atoms with Gasteiger partial charge in [-0.3, -0.25) is 4.79 Å². The van der Waals surface area contributed by atoms with Crippen LogP contribution in [0.2, 0.25) is 5.02 Å². The number of carbonyl (C=O) groups is 1. The van der Waals surface area contributed by atoms with E-state index in [1.807, 2.05) is 6.07 Å². The van der Waals surface area contributed by atoms with Crippen LogP contribution in [-0.2, 0) is 4.79 Å². The van der Waals surface area contributed by atoms with E-state index in [9.17, 15) is 15.0 Å². The quantitative estimate of drug-likeness (QED) is 0.871. The van der Waals surface area contributed by atoms with Crippen molar-refractivity contribution in [1.82, 2.24) is 0 Å². The molecule has 0 aliphatic carbocycles. The molecule has 0 radical (unpaired) electrons. The highest BCUT2D eigenvalue weighted by atomic mass is 35.5. The van der Waals surface area contributed by atoms with Crippen molar-refractivity contribution in [2.75, 3.05) is 5.75 Å². The van der Waals surface area contributed by atoms with E-state index in [4.69, 9.17) is 16.9 Å². The Labute approximate surface area is 121 Å². The van der Waals surface area contributed by atoms with Crippen molar-refractivity contribution in [3.05, 3.63) is 34.3 Å². The van der Waals surface area contributed by atoms with Gasteiger partial charge < -0.3 is 10.2 Å². The Kier molecular flexibility index (Phi) is 6.32. The largest absolute Gasteiger partial charge is 0.390 e. The van der Waals surface area contributed by atoms with E-state index < -0.39 is 12.2 Å². The van der Waals surface area contributed by atoms with Crippen molar-refractivity contribution in [2.24, 2.45) is 0 Å². The Bertz CT molecular complexity index is 501. The van der Waals surface area contributed by atoms with Crippen LogP contribution < -0.4 is 0 Å². The molecule has 19 heavy (non-hydrogen) atoms. The molecule has 1 aromatic rings. The van der Waals surface area contributed by atoms with Crippen LogP contribution in [0.4, 0.5) is 0 Å². The van der Waals surface area contributed by atoms with Crippen molar-refractivity contribution in [2.45, 2.75) is 25.6 Å². The van der Waals surface area contributed by atoms with Gasteiger partial charge in [-0.15, -0.1) is 0 Å². The van der Waals surface area contributed by atoms with Gasteiger partial charge in [-0.25, -0.2) is 0 Å². The van der Waals surface area contributed by atoms with E-state index in [2.05, 4.69) is 0 Å². The third-order valence-corrected chi connectivity index (χ3v) is 3.72. The van der Waals surface area contributed by atoms with Gasteiger partial charge in [-0.2, -0.15) is 5.26 Å². The fraction of sp³-hybridized carbons (Fsp3) is 0.385. The zero-order valence-electron chi connectivity index (χ0n) is 10.3. The fourth-order valence-corrected chi connectivity index (χ4v) is 2.40. The summed E-state index contributed by atoms with van der Waals surface area (Å²) in [4.78, 5) is 10.8. The van der Waals surface area contributed by atoms with Gasteiger partial charge in [0.15, 0.2) is 5.12 Å². The molecule has 0 fully saturated rings. The molecule has 0 saturated carbocycles. The van der Waals surface area contributed by atoms with Crippen LogP contribution in [0.3, 0.4) is 0 Å². The second-order valence-electron chi connectivity index (χ2n) is 3.99. The summed E-state index contributed by atoms with van der Waals surface area (Å²) in [6, 6.07) is 6.45. The molecule has 0 saturated heterocycles. The molecule has 4 nitrogen and oxygen atoms in total. The molecule has 6 heteroatoms. The van der Waals surface area contributed by atoms with E-state index in [0.29, 0.717) is 21.9 Å². The molecule has 0 aliphatic rings. The smallest absolute Gasteiger partial charge is 0.185 e. The van der Waals surface area contributed by atoms with Gasteiger partial charge >= 0.3 is 0 Å². The van der Waals surface area contributed by atoms with Crippen molar-refractivity contribution in [3.63, 3.8) is 0 Å². The Morgan fingerprint density at radius 3 is 2.79 bits per heavy atom. The lowest BCUT2D eigenvalue weighted by molar-refractivity contribution is -0.109. The molecule has 0 spiro atoms. The summed E-state index contributed by atoms with van der Waals surface area (Å²) in [5.74, 6) is 0.420. The molecule has 0 bridgehead atoms. The minimum absolute atomic E-state index is 0.0359. The highest BCUT2D eigenvalue weighted by Crippen LogP contribution is 2.28. The maximum Gasteiger partial charge on any atom is 0.185 e. The summed E-state index contributed by atoms with van der Waals surface area (Å²) in [7, 11) is 0. The van der Waals surface area contributed by atoms with Gasteiger partial charge in [0.05, 0.1) is 17.7 Å². The second-order valence-corrected chi connectivity index (χ2v) is 5.67. The third-order valence-electron chi connectivity index (χ3n) is 2.53. The number of nitrogens with zero attached hydrogens (tertiary/aromatic N) is 1. The van der Waals surface area contributed by atoms with Gasteiger partial charge in [-0.05, 0) is 24.6 Å². The van der Waals surface area contributed by atoms with Crippen LogP contribution >= 0.6 is 23.4 Å². The zero-order valence-corrected chi connectivity index (χ0v) is 11.9. The van der Waals surface area contributed by atoms with Crippen LogP contribution in [0, 0.1) is 11.3 Å². The Balaban J connectivity index is 2.73. The summed E-state index contributed by atoms with van der Waals surface area (Å²) >= 11 is 7.03. The lowest BCUT2D eigenvalue weighted by atomic mass is 10.0. The highest BCUT2D eigenvalue weighted by molar-refractivity contribution is 8.13. The van der Waals surface area contributed by atoms with E-state index >= 15 is 0 Å². The maximum atomic E-state index is 10.8. The van der Waals surface area contributed by atoms with Crippen LogP contribution in [-0.4, -0.2) is 27.2 Å². The number of halogens is 1. The first kappa shape index (κ1) is 16.0. The molecule has 102 valence electrons. The maximum absolute atomic E-state index is 10.8. The van der Waals surface area contributed by atoms with Gasteiger partial charge in [0, 0.05) is 23.3 Å². The van der Waals surface area contributed by atoms with Crippen molar-refractivity contribution in [1.29, 1.82) is 5.26 Å². The van der Waals surface area contributed by atoms with E-state index in [1.54, 1.807) is 0 Å². The molecular weight excluding hydrogens is 286 g/mol. The van der Waals surface area contributed by atoms with Crippen LogP contribution in [0.15, 0.2) is 18.2 Å². The number of hydrogen-bond acceptors (Lipinski definition) is 5. The number of thioether (sulfide) groups is 1. The molecule has 0 heterocycles. The van der Waals surface area contributed by atoms with Gasteiger partial charge in [-0.1, -0.05) is 23.4 Å². The molecule has 2 N–H and O–H groups in total. The van der Waals surface area contributed by atoms with Crippen LogP contribution in [0.1, 0.15) is 30.6 Å². The van der Waals surface area contributed by atoms with E-state index in [1.165, 1.54) is 25.1 Å². The van der Waals surface area contributed by atoms with Gasteiger partial charge in [0.1, 0.15) is 6.10 Å². The van der Waals surface area contributed by atoms with Crippen LogP contribution in [0.5, 0.6) is 0 Å². The normalized spacial score (nSPS) is 13.6. The molecule has 1 aromatic carbocycles. The fourth-order valence-electron chi connectivity index (χ4n) is 1.53. The first-order valence-corrected chi connectivity index (χ1v) is 7.01. The summed E-state index contributed by atoms with van der Waals surface area (Å²) in [6.07, 6.45) is -1.94. The minimum Gasteiger partial charge on any atom is -0.390 e. The highest BCUT2D eigenvalue weighted by Gasteiger charge is 2.21. The van der Waals surface area contributed by atoms with E-state index in [-0.39, 0.29) is 11.5 Å². The first-order chi connectivity index (χ1) is 8.95. The molecule has 1 rings (SSSR count). The van der Waals surface area contributed by atoms with E-state index in [0.717, 1.165) is 11.8 Å². The second kappa shape index (κ2) is 7.51. The number of benzene rings is 1. The molecule has 0 aromatic heterocycles. The predicted molar refractivity (Wildman–Crippen MR) is 74.9 cm³/mol. The number of rotatable bonds is 5. The number of aliphatic hydroxyl groups excluding tert-OH is 2. The Hall–Kier alpha value is -1.06. The standard InChI is InChI=1S/C13H14ClNO3S/c1-8(16)19-5-4-12(17)13(18)10-6-9(7-15)2-3-11(10)14/h2-3,6,12-13,17-18H,4-5H2,1H3. The average molecular weight is 300 g/mol. The lowest BCUT2D eigenvalue weighted by Crippen LogP contribution is -2.19. The van der Waals surface area contributed by atoms with Crippen molar-refractivity contribution < 1.29 is 15.0 Å². The zero-order chi connectivity index (χ0) is 14.4. The third kappa shape index (κ3) is 4.84. The molecule has 2 atom stereocenters. The monoisotopic (exact) mass is 299 g/mol. The Morgan fingerprint density at radius 1 is 1.53 bits per heavy atom. The molecular formula is C13H14ClNO3S. The summed E-state index contributed by atoms with van der Waals surface area (Å²) < 4.78 is 0. The van der Waals surface area contributed by atoms with Crippen molar-refractivity contribution in [3.8, 4) is 6.07 Å². The lowest BCUT2D eigenvalue weighted by Gasteiger charge is -2.19. The topological polar surface area (TPSA) is 81.3 Å². The minimum atomic E-state index is -1.17. The molecule has 2 unspecified atom stereocenters. The number of nitriles is 1. The summed E-state index contributed by atoms with van der Waals surface area (Å²) in [6.45, 7) is 1.45. The summed E-state index contributed by atoms with van der Waals surface area (Å²) in [5, 5.41) is 28.9. The SMILES string of the molecule is CC(=O)SCCC(O)C(O)c1cc(C#N)ccc1Cl. The summed E-state index contributed by atoms with van der Waals surface area (Å²) in [5.41, 5.74) is 0.685. The molecule has 0 aliphatic heterocycles. The number of carbonyl (C=O) groups excluding carboxylic acids is 1. The number of hydrogen-bond donors (Lipinski definition) is 2. The Morgan fingerprint density at radius 2 is 2.21 bits per heavy atom. The average Bonchev–Trinajstić information content (AvgIpc) is 2.38. The van der Waals surface area contributed by atoms with Crippen molar-refractivity contribution >= 4 is 28.5 Å². The molecule has 0 amide bonds. The van der Waals surface area contributed by atoms with Gasteiger partial charge in [0.25, 0.3) is 0 Å². The number of aliphatic hydroxyl groups is 2. The predicted octanol–water partition coefficient (Wildman–Crippen LogP) is 2.28. The first-order valence-electron chi connectivity index (χ1n) is 5.64. The van der Waals surface area contributed by atoms with Gasteiger partial charge in [0.2, 0.25) is 0 Å².